The third-order valence-electron chi connectivity index (χ3n) is 6.55. The third-order valence-corrected chi connectivity index (χ3v) is 6.78. The van der Waals surface area contributed by atoms with E-state index in [1.54, 1.807) is 41.3 Å². The van der Waals surface area contributed by atoms with E-state index < -0.39 is 18.0 Å². The number of aromatic nitrogens is 1. The Morgan fingerprint density at radius 1 is 1.06 bits per heavy atom. The van der Waals surface area contributed by atoms with E-state index in [1.807, 2.05) is 10.6 Å². The maximum absolute atomic E-state index is 13.0. The van der Waals surface area contributed by atoms with Gasteiger partial charge < -0.3 is 14.8 Å². The van der Waals surface area contributed by atoms with Crippen molar-refractivity contribution in [3.05, 3.63) is 69.1 Å². The lowest BCUT2D eigenvalue weighted by Gasteiger charge is -2.43. The number of amides is 4. The average Bonchev–Trinajstić information content (AvgIpc) is 3.02. The molecule has 2 fully saturated rings. The van der Waals surface area contributed by atoms with E-state index in [0.29, 0.717) is 24.7 Å². The van der Waals surface area contributed by atoms with Gasteiger partial charge in [-0.3, -0.25) is 19.3 Å². The van der Waals surface area contributed by atoms with Gasteiger partial charge in [-0.05, 0) is 36.1 Å². The molecule has 2 saturated heterocycles. The highest BCUT2D eigenvalue weighted by Gasteiger charge is 2.41. The topological polar surface area (TPSA) is 91.7 Å². The lowest BCUT2D eigenvalue weighted by molar-refractivity contribution is -0.137. The first-order valence-corrected chi connectivity index (χ1v) is 11.1. The van der Waals surface area contributed by atoms with Crippen molar-refractivity contribution in [2.45, 2.75) is 37.9 Å². The Morgan fingerprint density at radius 2 is 1.88 bits per heavy atom. The van der Waals surface area contributed by atoms with Crippen LogP contribution in [0.25, 0.3) is 0 Å². The van der Waals surface area contributed by atoms with Crippen molar-refractivity contribution in [2.75, 3.05) is 13.1 Å². The molecule has 9 heteroatoms. The van der Waals surface area contributed by atoms with Gasteiger partial charge in [-0.1, -0.05) is 29.8 Å². The first-order valence-electron chi connectivity index (χ1n) is 10.7. The third kappa shape index (κ3) is 3.79. The van der Waals surface area contributed by atoms with Gasteiger partial charge in [-0.15, -0.1) is 0 Å². The molecule has 2 aromatic rings. The van der Waals surface area contributed by atoms with E-state index in [2.05, 4.69) is 5.32 Å². The molecule has 0 saturated carbocycles. The standard InChI is InChI=1S/C23H23ClN4O4/c24-17-4-1-3-14(8-17)11-28-22(31)18(25-23(28)32)9-21(30)26-10-15-7-16(13-26)19-5-2-6-20(29)27(19)12-15/h1-6,8,15-16,18H,7,9-13H2,(H,25,32)/t15-,16-,18+/m0/s1. The Kier molecular flexibility index (Phi) is 5.25. The zero-order chi connectivity index (χ0) is 22.4. The fourth-order valence-electron chi connectivity index (χ4n) is 5.09. The molecule has 2 bridgehead atoms. The lowest BCUT2D eigenvalue weighted by atomic mass is 9.83. The van der Waals surface area contributed by atoms with Crippen molar-refractivity contribution in [2.24, 2.45) is 5.92 Å². The zero-order valence-electron chi connectivity index (χ0n) is 17.4. The molecular formula is C23H23ClN4O4. The molecule has 32 heavy (non-hydrogen) atoms. The average molecular weight is 455 g/mol. The smallest absolute Gasteiger partial charge is 0.325 e. The number of likely N-dealkylation sites (tertiary alicyclic amines) is 1. The molecule has 0 unspecified atom stereocenters. The van der Waals surface area contributed by atoms with Gasteiger partial charge >= 0.3 is 6.03 Å². The molecule has 3 atom stereocenters. The van der Waals surface area contributed by atoms with Crippen LogP contribution in [0, 0.1) is 5.92 Å². The number of rotatable bonds is 4. The summed E-state index contributed by atoms with van der Waals surface area (Å²) in [5, 5.41) is 3.17. The number of piperidine rings is 1. The number of hydrogen-bond donors (Lipinski definition) is 1. The van der Waals surface area contributed by atoms with Crippen molar-refractivity contribution in [1.29, 1.82) is 0 Å². The minimum atomic E-state index is -0.870. The molecule has 3 aliphatic rings. The Labute approximate surface area is 189 Å². The number of pyridine rings is 1. The van der Waals surface area contributed by atoms with Crippen LogP contribution in [0.5, 0.6) is 0 Å². The lowest BCUT2D eigenvalue weighted by Crippen LogP contribution is -2.50. The van der Waals surface area contributed by atoms with Crippen molar-refractivity contribution in [3.63, 3.8) is 0 Å². The molecule has 3 aliphatic heterocycles. The highest BCUT2D eigenvalue weighted by Crippen LogP contribution is 2.35. The van der Waals surface area contributed by atoms with Crippen LogP contribution in [-0.4, -0.2) is 51.3 Å². The van der Waals surface area contributed by atoms with Gasteiger partial charge in [0, 0.05) is 42.3 Å². The second-order valence-electron chi connectivity index (χ2n) is 8.76. The highest BCUT2D eigenvalue weighted by atomic mass is 35.5. The van der Waals surface area contributed by atoms with Gasteiger partial charge in [0.25, 0.3) is 11.5 Å². The van der Waals surface area contributed by atoms with Crippen LogP contribution >= 0.6 is 11.6 Å². The van der Waals surface area contributed by atoms with Crippen molar-refractivity contribution in [3.8, 4) is 0 Å². The van der Waals surface area contributed by atoms with Crippen LogP contribution in [-0.2, 0) is 22.7 Å². The van der Waals surface area contributed by atoms with Gasteiger partial charge in [-0.2, -0.15) is 0 Å². The number of carbonyl (C=O) groups is 3. The van der Waals surface area contributed by atoms with Crippen LogP contribution in [0.4, 0.5) is 4.79 Å². The van der Waals surface area contributed by atoms with Gasteiger partial charge in [0.2, 0.25) is 5.91 Å². The summed E-state index contributed by atoms with van der Waals surface area (Å²) in [5.74, 6) is -0.251. The molecule has 8 nitrogen and oxygen atoms in total. The Balaban J connectivity index is 1.25. The number of hydrogen-bond acceptors (Lipinski definition) is 4. The molecule has 0 spiro atoms. The number of carbonyl (C=O) groups excluding carboxylic acids is 3. The normalized spacial score (nSPS) is 24.3. The fourth-order valence-corrected chi connectivity index (χ4v) is 5.30. The summed E-state index contributed by atoms with van der Waals surface area (Å²) in [6.45, 7) is 1.77. The summed E-state index contributed by atoms with van der Waals surface area (Å²) < 4.78 is 1.81. The molecule has 1 N–H and O–H groups in total. The summed E-state index contributed by atoms with van der Waals surface area (Å²) in [6.07, 6.45) is 0.872. The first kappa shape index (κ1) is 20.8. The largest absolute Gasteiger partial charge is 0.342 e. The summed E-state index contributed by atoms with van der Waals surface area (Å²) >= 11 is 5.99. The SMILES string of the molecule is O=C(C[C@H]1NC(=O)N(Cc2cccc(Cl)c2)C1=O)N1C[C@@H]2C[C@@H](C1)c1cccc(=O)n1C2. The quantitative estimate of drug-likeness (QED) is 0.715. The Morgan fingerprint density at radius 3 is 2.69 bits per heavy atom. The summed E-state index contributed by atoms with van der Waals surface area (Å²) in [5.41, 5.74) is 1.70. The zero-order valence-corrected chi connectivity index (χ0v) is 18.1. The van der Waals surface area contributed by atoms with Crippen LogP contribution in [0.15, 0.2) is 47.3 Å². The Hall–Kier alpha value is -3.13. The number of urea groups is 1. The molecular weight excluding hydrogens is 432 g/mol. The van der Waals surface area contributed by atoms with Crippen LogP contribution in [0.3, 0.4) is 0 Å². The minimum absolute atomic E-state index is 0.00367. The number of nitrogens with zero attached hydrogens (tertiary/aromatic N) is 3. The van der Waals surface area contributed by atoms with E-state index in [0.717, 1.165) is 22.6 Å². The maximum atomic E-state index is 13.0. The van der Waals surface area contributed by atoms with E-state index in [1.165, 1.54) is 0 Å². The highest BCUT2D eigenvalue weighted by molar-refractivity contribution is 6.30. The Bertz CT molecular complexity index is 1160. The van der Waals surface area contributed by atoms with Gasteiger partial charge in [0.15, 0.2) is 0 Å². The van der Waals surface area contributed by atoms with Crippen LogP contribution < -0.4 is 10.9 Å². The predicted molar refractivity (Wildman–Crippen MR) is 117 cm³/mol. The molecule has 1 aromatic heterocycles. The molecule has 0 radical (unpaired) electrons. The number of nitrogens with one attached hydrogen (secondary N) is 1. The monoisotopic (exact) mass is 454 g/mol. The maximum Gasteiger partial charge on any atom is 0.325 e. The van der Waals surface area contributed by atoms with Gasteiger partial charge in [-0.25, -0.2) is 4.79 Å². The molecule has 5 rings (SSSR count). The minimum Gasteiger partial charge on any atom is -0.342 e. The molecule has 1 aromatic carbocycles. The second kappa shape index (κ2) is 8.09. The van der Waals surface area contributed by atoms with Crippen molar-refractivity contribution in [1.82, 2.24) is 19.7 Å². The van der Waals surface area contributed by atoms with E-state index in [4.69, 9.17) is 11.6 Å². The molecule has 166 valence electrons. The van der Waals surface area contributed by atoms with E-state index >= 15 is 0 Å². The van der Waals surface area contributed by atoms with E-state index in [-0.39, 0.29) is 36.3 Å². The second-order valence-corrected chi connectivity index (χ2v) is 9.19. The van der Waals surface area contributed by atoms with Gasteiger partial charge in [0.1, 0.15) is 6.04 Å². The number of imide groups is 1. The number of fused-ring (bicyclic) bond motifs is 4. The summed E-state index contributed by atoms with van der Waals surface area (Å²) in [6, 6.07) is 10.9. The molecule has 0 aliphatic carbocycles. The summed E-state index contributed by atoms with van der Waals surface area (Å²) in [7, 11) is 0. The van der Waals surface area contributed by atoms with E-state index in [9.17, 15) is 19.2 Å². The van der Waals surface area contributed by atoms with Gasteiger partial charge in [0.05, 0.1) is 13.0 Å². The number of benzene rings is 1. The fraction of sp³-hybridized carbons (Fsp3) is 0.391. The number of halogens is 1. The predicted octanol–water partition coefficient (Wildman–Crippen LogP) is 1.96. The molecule has 4 heterocycles. The summed E-state index contributed by atoms with van der Waals surface area (Å²) in [4.78, 5) is 53.3. The van der Waals surface area contributed by atoms with Crippen molar-refractivity contribution >= 4 is 29.4 Å². The molecule has 4 amide bonds. The first-order chi connectivity index (χ1) is 15.4. The van der Waals surface area contributed by atoms with Crippen LogP contribution in [0.1, 0.15) is 30.0 Å². The van der Waals surface area contributed by atoms with Crippen LogP contribution in [0.2, 0.25) is 5.02 Å². The van der Waals surface area contributed by atoms with Crippen molar-refractivity contribution < 1.29 is 14.4 Å².